The van der Waals surface area contributed by atoms with E-state index in [1.807, 2.05) is 13.0 Å². The van der Waals surface area contributed by atoms with E-state index in [-0.39, 0.29) is 30.3 Å². The average molecular weight is 552 g/mol. The zero-order chi connectivity index (χ0) is 29.1. The number of aromatic nitrogens is 1. The molecule has 0 bridgehead atoms. The van der Waals surface area contributed by atoms with Gasteiger partial charge in [-0.25, -0.2) is 4.98 Å². The molecule has 41 heavy (non-hydrogen) atoms. The Kier molecular flexibility index (Phi) is 8.22. The first-order chi connectivity index (χ1) is 19.8. The first-order valence-corrected chi connectivity index (χ1v) is 14.2. The van der Waals surface area contributed by atoms with Crippen molar-refractivity contribution in [2.24, 2.45) is 5.73 Å². The van der Waals surface area contributed by atoms with Crippen molar-refractivity contribution in [1.82, 2.24) is 15.2 Å². The predicted molar refractivity (Wildman–Crippen MR) is 162 cm³/mol. The van der Waals surface area contributed by atoms with E-state index >= 15 is 0 Å². The summed E-state index contributed by atoms with van der Waals surface area (Å²) in [5.41, 5.74) is 11.5. The number of nitrogens with two attached hydrogens (primary N) is 1. The van der Waals surface area contributed by atoms with Crippen LogP contribution in [-0.2, 0) is 17.8 Å². The Balaban J connectivity index is 1.53. The Morgan fingerprint density at radius 2 is 1.98 bits per heavy atom. The average Bonchev–Trinajstić information content (AvgIpc) is 2.98. The summed E-state index contributed by atoms with van der Waals surface area (Å²) in [7, 11) is 0. The Morgan fingerprint density at radius 3 is 2.71 bits per heavy atom. The fourth-order valence-electron chi connectivity index (χ4n) is 6.00. The minimum Gasteiger partial charge on any atom is -0.367 e. The van der Waals surface area contributed by atoms with Crippen LogP contribution in [0.5, 0.6) is 0 Å². The summed E-state index contributed by atoms with van der Waals surface area (Å²) in [6, 6.07) is 16.4. The van der Waals surface area contributed by atoms with E-state index in [0.717, 1.165) is 35.6 Å². The van der Waals surface area contributed by atoms with Gasteiger partial charge < -0.3 is 25.8 Å². The number of piperazine rings is 1. The summed E-state index contributed by atoms with van der Waals surface area (Å²) in [5, 5.41) is 14.8. The van der Waals surface area contributed by atoms with E-state index in [0.29, 0.717) is 38.4 Å². The molecule has 2 unspecified atom stereocenters. The van der Waals surface area contributed by atoms with Crippen LogP contribution in [0.3, 0.4) is 0 Å². The third-order valence-corrected chi connectivity index (χ3v) is 8.02. The van der Waals surface area contributed by atoms with Gasteiger partial charge in [0, 0.05) is 61.1 Å². The normalized spacial score (nSPS) is 17.5. The summed E-state index contributed by atoms with van der Waals surface area (Å²) in [5.74, 6) is -0.433. The minimum absolute atomic E-state index is 0.168. The van der Waals surface area contributed by atoms with Crippen molar-refractivity contribution in [3.8, 4) is 6.07 Å². The highest BCUT2D eigenvalue weighted by Gasteiger charge is 2.33. The largest absolute Gasteiger partial charge is 0.367 e. The molecule has 3 N–H and O–H groups in total. The van der Waals surface area contributed by atoms with Crippen LogP contribution < -0.4 is 20.9 Å². The van der Waals surface area contributed by atoms with Crippen molar-refractivity contribution in [3.05, 3.63) is 77.6 Å². The quantitative estimate of drug-likeness (QED) is 0.433. The zero-order valence-corrected chi connectivity index (χ0v) is 23.8. The number of rotatable bonds is 7. The Hall–Kier alpha value is -4.42. The monoisotopic (exact) mass is 551 g/mol. The van der Waals surface area contributed by atoms with Gasteiger partial charge in [-0.05, 0) is 49.4 Å². The summed E-state index contributed by atoms with van der Waals surface area (Å²) >= 11 is 0. The molecule has 0 radical (unpaired) electrons. The van der Waals surface area contributed by atoms with Crippen LogP contribution in [0.2, 0.25) is 0 Å². The highest BCUT2D eigenvalue weighted by molar-refractivity contribution is 5.97. The maximum absolute atomic E-state index is 13.2. The molecule has 2 aliphatic rings. The fourth-order valence-corrected chi connectivity index (χ4v) is 6.00. The number of nitrogens with one attached hydrogen (secondary N) is 1. The Bertz CT molecular complexity index is 1520. The number of aryl methyl sites for hydroxylation is 1. The summed E-state index contributed by atoms with van der Waals surface area (Å²) in [6.07, 6.45) is 2.29. The van der Waals surface area contributed by atoms with Crippen LogP contribution in [0, 0.1) is 18.3 Å². The van der Waals surface area contributed by atoms with Gasteiger partial charge in [0.2, 0.25) is 5.91 Å². The Labute approximate surface area is 241 Å². The zero-order valence-electron chi connectivity index (χ0n) is 23.8. The van der Waals surface area contributed by atoms with Crippen LogP contribution in [-0.4, -0.2) is 66.5 Å². The van der Waals surface area contributed by atoms with Gasteiger partial charge in [0.15, 0.2) is 0 Å². The van der Waals surface area contributed by atoms with Gasteiger partial charge in [-0.15, -0.1) is 0 Å². The van der Waals surface area contributed by atoms with Crippen molar-refractivity contribution < 1.29 is 9.59 Å². The van der Waals surface area contributed by atoms with E-state index < -0.39 is 0 Å². The van der Waals surface area contributed by atoms with E-state index in [1.165, 1.54) is 22.4 Å². The molecule has 2 aromatic carbocycles. The van der Waals surface area contributed by atoms with Crippen LogP contribution >= 0.6 is 0 Å². The minimum atomic E-state index is -0.267. The smallest absolute Gasteiger partial charge is 0.270 e. The summed E-state index contributed by atoms with van der Waals surface area (Å²) in [4.78, 5) is 36.9. The molecule has 2 amide bonds. The van der Waals surface area contributed by atoms with Gasteiger partial charge in [0.25, 0.3) is 5.91 Å². The number of nitriles is 1. The first-order valence-electron chi connectivity index (χ1n) is 14.2. The lowest BCUT2D eigenvalue weighted by atomic mass is 9.97. The van der Waals surface area contributed by atoms with E-state index in [4.69, 9.17) is 10.7 Å². The van der Waals surface area contributed by atoms with Crippen LogP contribution in [0.1, 0.15) is 40.7 Å². The number of fused-ring (bicyclic) bond motifs is 2. The first kappa shape index (κ1) is 28.1. The van der Waals surface area contributed by atoms with Crippen molar-refractivity contribution >= 4 is 34.0 Å². The Morgan fingerprint density at radius 1 is 1.20 bits per heavy atom. The van der Waals surface area contributed by atoms with E-state index in [1.54, 1.807) is 4.90 Å². The summed E-state index contributed by atoms with van der Waals surface area (Å²) < 4.78 is 0. The van der Waals surface area contributed by atoms with Crippen LogP contribution in [0.25, 0.3) is 10.8 Å². The standard InChI is InChI=1S/C32H37N7O2/c1-4-30(40)39-16-15-38(19-24(39)11-13-33)29-17-26(32(41)35-18-22(3)34)36-27-20-37(14-12-25(27)29)28-10-6-9-23-8-5-7-21(2)31(23)28/h4-10,17,22,24H,1,11-12,14-16,18-20,34H2,2-3H3,(H,35,41). The molecule has 2 atom stereocenters. The van der Waals surface area contributed by atoms with Gasteiger partial charge in [0.1, 0.15) is 5.69 Å². The second kappa shape index (κ2) is 12.0. The fraction of sp³-hybridized carbons (Fsp3) is 0.375. The molecule has 1 fully saturated rings. The van der Waals surface area contributed by atoms with Gasteiger partial charge in [0.05, 0.1) is 30.8 Å². The molecular weight excluding hydrogens is 514 g/mol. The molecule has 0 saturated carbocycles. The van der Waals surface area contributed by atoms with Crippen LogP contribution in [0.15, 0.2) is 55.1 Å². The number of nitrogens with zero attached hydrogens (tertiary/aromatic N) is 5. The SMILES string of the molecule is C=CC(=O)N1CCN(c2cc(C(=O)NCC(C)N)nc3c2CCN(c2cccc4cccc(C)c24)C3)CC1CC#N. The van der Waals surface area contributed by atoms with Gasteiger partial charge in [-0.1, -0.05) is 36.9 Å². The molecule has 9 nitrogen and oxygen atoms in total. The number of anilines is 2. The number of carbonyl (C=O) groups excluding carboxylic acids is 2. The van der Waals surface area contributed by atoms with Gasteiger partial charge in [-0.2, -0.15) is 5.26 Å². The maximum atomic E-state index is 13.2. The topological polar surface area (TPSA) is 119 Å². The third kappa shape index (κ3) is 5.74. The lowest BCUT2D eigenvalue weighted by Gasteiger charge is -2.43. The number of pyridine rings is 1. The van der Waals surface area contributed by atoms with Crippen molar-refractivity contribution in [2.75, 3.05) is 42.5 Å². The predicted octanol–water partition coefficient (Wildman–Crippen LogP) is 3.30. The molecule has 5 rings (SSSR count). The number of benzene rings is 2. The second-order valence-corrected chi connectivity index (χ2v) is 11.0. The van der Waals surface area contributed by atoms with Crippen molar-refractivity contribution in [1.29, 1.82) is 5.26 Å². The molecule has 3 aromatic rings. The summed E-state index contributed by atoms with van der Waals surface area (Å²) in [6.45, 7) is 10.9. The third-order valence-electron chi connectivity index (χ3n) is 8.02. The molecule has 0 spiro atoms. The number of amides is 2. The molecular formula is C32H37N7O2. The molecule has 3 heterocycles. The van der Waals surface area contributed by atoms with E-state index in [2.05, 4.69) is 71.1 Å². The molecule has 1 aromatic heterocycles. The molecule has 1 saturated heterocycles. The molecule has 9 heteroatoms. The van der Waals surface area contributed by atoms with Crippen molar-refractivity contribution in [3.63, 3.8) is 0 Å². The number of hydrogen-bond acceptors (Lipinski definition) is 7. The highest BCUT2D eigenvalue weighted by Crippen LogP contribution is 2.36. The number of carbonyl (C=O) groups is 2. The number of hydrogen-bond donors (Lipinski definition) is 2. The molecule has 2 aliphatic heterocycles. The van der Waals surface area contributed by atoms with Crippen LogP contribution in [0.4, 0.5) is 11.4 Å². The molecule has 0 aliphatic carbocycles. The van der Waals surface area contributed by atoms with Crippen molar-refractivity contribution in [2.45, 2.75) is 45.3 Å². The van der Waals surface area contributed by atoms with E-state index in [9.17, 15) is 14.9 Å². The van der Waals surface area contributed by atoms with Gasteiger partial charge in [-0.3, -0.25) is 9.59 Å². The maximum Gasteiger partial charge on any atom is 0.270 e. The second-order valence-electron chi connectivity index (χ2n) is 11.0. The molecule has 212 valence electrons. The lowest BCUT2D eigenvalue weighted by molar-refractivity contribution is -0.128. The van der Waals surface area contributed by atoms with Gasteiger partial charge >= 0.3 is 0 Å². The highest BCUT2D eigenvalue weighted by atomic mass is 16.2. The lowest BCUT2D eigenvalue weighted by Crippen LogP contribution is -2.55.